The molecule has 2 aromatic carbocycles. The fourth-order valence-electron chi connectivity index (χ4n) is 3.25. The van der Waals surface area contributed by atoms with Gasteiger partial charge in [0.1, 0.15) is 5.82 Å². The molecular formula is C21H17FN2O. The van der Waals surface area contributed by atoms with Crippen LogP contribution in [0.4, 0.5) is 4.39 Å². The first-order valence-corrected chi connectivity index (χ1v) is 8.09. The van der Waals surface area contributed by atoms with Gasteiger partial charge >= 0.3 is 0 Å². The molecule has 124 valence electrons. The third kappa shape index (κ3) is 2.87. The molecular weight excluding hydrogens is 315 g/mol. The summed E-state index contributed by atoms with van der Waals surface area (Å²) in [5, 5.41) is 12.4. The molecule has 25 heavy (non-hydrogen) atoms. The summed E-state index contributed by atoms with van der Waals surface area (Å²) >= 11 is 0. The molecule has 0 fully saturated rings. The minimum atomic E-state index is -0.274. The van der Waals surface area contributed by atoms with Crippen LogP contribution in [0.3, 0.4) is 0 Å². The molecule has 2 aromatic heterocycles. The number of halogens is 1. The molecule has 0 saturated heterocycles. The van der Waals surface area contributed by atoms with Gasteiger partial charge in [0, 0.05) is 34.9 Å². The Morgan fingerprint density at radius 1 is 1.08 bits per heavy atom. The van der Waals surface area contributed by atoms with Crippen LogP contribution >= 0.6 is 0 Å². The summed E-state index contributed by atoms with van der Waals surface area (Å²) in [6.07, 6.45) is 5.48. The molecule has 0 spiro atoms. The van der Waals surface area contributed by atoms with Crippen molar-refractivity contribution < 1.29 is 9.50 Å². The van der Waals surface area contributed by atoms with E-state index in [0.29, 0.717) is 6.54 Å². The van der Waals surface area contributed by atoms with Gasteiger partial charge in [-0.1, -0.05) is 24.3 Å². The SMILES string of the molecule is Cc1cc(-c2cccnc2)cc2cn(Cc3cccc(F)c3)c(O)c12. The van der Waals surface area contributed by atoms with Gasteiger partial charge < -0.3 is 9.67 Å². The first-order chi connectivity index (χ1) is 12.1. The van der Waals surface area contributed by atoms with Crippen LogP contribution < -0.4 is 0 Å². The molecule has 0 saturated carbocycles. The Hall–Kier alpha value is -3.14. The van der Waals surface area contributed by atoms with E-state index in [9.17, 15) is 9.50 Å². The molecule has 4 aromatic rings. The highest BCUT2D eigenvalue weighted by Gasteiger charge is 2.13. The van der Waals surface area contributed by atoms with Gasteiger partial charge in [0.15, 0.2) is 5.88 Å². The summed E-state index contributed by atoms with van der Waals surface area (Å²) in [5.74, 6) is -0.0711. The Bertz CT molecular complexity index is 1050. The second-order valence-electron chi connectivity index (χ2n) is 6.21. The van der Waals surface area contributed by atoms with Crippen molar-refractivity contribution in [2.75, 3.05) is 0 Å². The topological polar surface area (TPSA) is 38.0 Å². The minimum Gasteiger partial charge on any atom is -0.494 e. The molecule has 0 amide bonds. The van der Waals surface area contributed by atoms with Crippen LogP contribution in [0.5, 0.6) is 5.88 Å². The van der Waals surface area contributed by atoms with Gasteiger partial charge in [-0.15, -0.1) is 0 Å². The standard InChI is InChI=1S/C21H17FN2O/c1-14-8-17(16-5-3-7-23-11-16)10-18-13-24(21(25)20(14)18)12-15-4-2-6-19(22)9-15/h2-11,13,25H,12H2,1H3. The van der Waals surface area contributed by atoms with E-state index in [2.05, 4.69) is 4.98 Å². The number of aryl methyl sites for hydroxylation is 1. The molecule has 0 aliphatic rings. The van der Waals surface area contributed by atoms with Crippen molar-refractivity contribution in [2.24, 2.45) is 0 Å². The lowest BCUT2D eigenvalue weighted by atomic mass is 10.0. The smallest absolute Gasteiger partial charge is 0.199 e. The Kier molecular flexibility index (Phi) is 3.73. The molecule has 1 N–H and O–H groups in total. The lowest BCUT2D eigenvalue weighted by Gasteiger charge is -2.06. The highest BCUT2D eigenvalue weighted by Crippen LogP contribution is 2.34. The maximum absolute atomic E-state index is 13.4. The van der Waals surface area contributed by atoms with E-state index in [1.807, 2.05) is 49.6 Å². The highest BCUT2D eigenvalue weighted by atomic mass is 19.1. The lowest BCUT2D eigenvalue weighted by molar-refractivity contribution is 0.430. The van der Waals surface area contributed by atoms with Crippen LogP contribution in [-0.4, -0.2) is 14.7 Å². The molecule has 0 aliphatic carbocycles. The van der Waals surface area contributed by atoms with E-state index in [4.69, 9.17) is 0 Å². The first-order valence-electron chi connectivity index (χ1n) is 8.09. The first kappa shape index (κ1) is 15.4. The number of nitrogens with zero attached hydrogens (tertiary/aromatic N) is 2. The highest BCUT2D eigenvalue weighted by molar-refractivity contribution is 5.94. The van der Waals surface area contributed by atoms with E-state index in [1.54, 1.807) is 16.8 Å². The van der Waals surface area contributed by atoms with Gasteiger partial charge in [-0.3, -0.25) is 4.98 Å². The van der Waals surface area contributed by atoms with Crippen LogP contribution in [0, 0.1) is 12.7 Å². The zero-order valence-electron chi connectivity index (χ0n) is 13.8. The van der Waals surface area contributed by atoms with Crippen molar-refractivity contribution >= 4 is 10.8 Å². The molecule has 2 heterocycles. The summed E-state index contributed by atoms with van der Waals surface area (Å²) in [7, 11) is 0. The number of pyridine rings is 1. The molecule has 0 bridgehead atoms. The second-order valence-corrected chi connectivity index (χ2v) is 6.21. The zero-order valence-corrected chi connectivity index (χ0v) is 13.8. The second kappa shape index (κ2) is 6.06. The van der Waals surface area contributed by atoms with Crippen molar-refractivity contribution in [3.8, 4) is 17.0 Å². The summed E-state index contributed by atoms with van der Waals surface area (Å²) in [6.45, 7) is 2.40. The van der Waals surface area contributed by atoms with Crippen molar-refractivity contribution in [3.63, 3.8) is 0 Å². The number of aromatic hydroxyl groups is 1. The third-order valence-electron chi connectivity index (χ3n) is 4.39. The maximum atomic E-state index is 13.4. The van der Waals surface area contributed by atoms with Crippen molar-refractivity contribution in [2.45, 2.75) is 13.5 Å². The Morgan fingerprint density at radius 3 is 2.72 bits per heavy atom. The van der Waals surface area contributed by atoms with E-state index < -0.39 is 0 Å². The van der Waals surface area contributed by atoms with Crippen LogP contribution in [0.15, 0.2) is 67.1 Å². The maximum Gasteiger partial charge on any atom is 0.199 e. The van der Waals surface area contributed by atoms with E-state index in [-0.39, 0.29) is 11.7 Å². The minimum absolute atomic E-state index is 0.203. The normalized spacial score (nSPS) is 11.1. The Labute approximate surface area is 145 Å². The zero-order chi connectivity index (χ0) is 17.4. The lowest BCUT2D eigenvalue weighted by Crippen LogP contribution is -1.97. The van der Waals surface area contributed by atoms with Crippen LogP contribution in [-0.2, 0) is 6.54 Å². The summed E-state index contributed by atoms with van der Waals surface area (Å²) in [6, 6.07) is 14.4. The number of rotatable bonds is 3. The summed E-state index contributed by atoms with van der Waals surface area (Å²) in [5.41, 5.74) is 3.89. The monoisotopic (exact) mass is 332 g/mol. The number of fused-ring (bicyclic) bond motifs is 1. The molecule has 0 unspecified atom stereocenters. The molecule has 0 aliphatic heterocycles. The summed E-state index contributed by atoms with van der Waals surface area (Å²) in [4.78, 5) is 4.17. The van der Waals surface area contributed by atoms with Gasteiger partial charge in [-0.05, 0) is 47.9 Å². The summed E-state index contributed by atoms with van der Waals surface area (Å²) < 4.78 is 15.2. The van der Waals surface area contributed by atoms with E-state index >= 15 is 0 Å². The Morgan fingerprint density at radius 2 is 1.96 bits per heavy atom. The molecule has 4 heteroatoms. The van der Waals surface area contributed by atoms with E-state index in [0.717, 1.165) is 33.0 Å². The quantitative estimate of drug-likeness (QED) is 0.579. The van der Waals surface area contributed by atoms with Crippen molar-refractivity contribution in [3.05, 3.63) is 84.1 Å². The number of hydrogen-bond donors (Lipinski definition) is 1. The molecule has 3 nitrogen and oxygen atoms in total. The molecule has 0 atom stereocenters. The average molecular weight is 332 g/mol. The number of hydrogen-bond acceptors (Lipinski definition) is 2. The predicted octanol–water partition coefficient (Wildman–Crippen LogP) is 4.90. The van der Waals surface area contributed by atoms with Gasteiger partial charge in [0.05, 0.1) is 6.54 Å². The average Bonchev–Trinajstić information content (AvgIpc) is 2.92. The number of benzene rings is 2. The van der Waals surface area contributed by atoms with Crippen molar-refractivity contribution in [1.29, 1.82) is 0 Å². The molecule has 0 radical (unpaired) electrons. The van der Waals surface area contributed by atoms with Gasteiger partial charge in [0.2, 0.25) is 0 Å². The molecule has 4 rings (SSSR count). The van der Waals surface area contributed by atoms with Crippen molar-refractivity contribution in [1.82, 2.24) is 9.55 Å². The van der Waals surface area contributed by atoms with Gasteiger partial charge in [-0.25, -0.2) is 4.39 Å². The van der Waals surface area contributed by atoms with Crippen LogP contribution in [0.2, 0.25) is 0 Å². The van der Waals surface area contributed by atoms with E-state index in [1.165, 1.54) is 12.1 Å². The fourth-order valence-corrected chi connectivity index (χ4v) is 3.25. The van der Waals surface area contributed by atoms with Gasteiger partial charge in [-0.2, -0.15) is 0 Å². The largest absolute Gasteiger partial charge is 0.494 e. The number of aromatic nitrogens is 2. The van der Waals surface area contributed by atoms with Crippen LogP contribution in [0.25, 0.3) is 21.9 Å². The third-order valence-corrected chi connectivity index (χ3v) is 4.39. The van der Waals surface area contributed by atoms with Gasteiger partial charge in [0.25, 0.3) is 0 Å². The Balaban J connectivity index is 1.80. The fraction of sp³-hybridized carbons (Fsp3) is 0.0952. The van der Waals surface area contributed by atoms with Crippen LogP contribution in [0.1, 0.15) is 11.1 Å². The predicted molar refractivity (Wildman–Crippen MR) is 97.1 cm³/mol.